The number of alkyl halides is 3. The van der Waals surface area contributed by atoms with Crippen LogP contribution in [-0.2, 0) is 17.9 Å². The average Bonchev–Trinajstić information content (AvgIpc) is 2.81. The van der Waals surface area contributed by atoms with E-state index < -0.39 is 6.36 Å². The molecule has 0 aliphatic carbocycles. The normalized spacial score (nSPS) is 15.0. The first-order chi connectivity index (χ1) is 16.3. The van der Waals surface area contributed by atoms with E-state index in [4.69, 9.17) is 0 Å². The highest BCUT2D eigenvalue weighted by atomic mass is 19.4. The van der Waals surface area contributed by atoms with Crippen molar-refractivity contribution in [2.45, 2.75) is 32.3 Å². The van der Waals surface area contributed by atoms with Gasteiger partial charge >= 0.3 is 6.36 Å². The van der Waals surface area contributed by atoms with E-state index in [-0.39, 0.29) is 17.2 Å². The van der Waals surface area contributed by atoms with Crippen LogP contribution >= 0.6 is 0 Å². The quantitative estimate of drug-likeness (QED) is 0.525. The second-order valence-corrected chi connectivity index (χ2v) is 8.21. The number of halogens is 3. The van der Waals surface area contributed by atoms with E-state index in [1.165, 1.54) is 18.5 Å². The minimum absolute atomic E-state index is 0.0510. The zero-order chi connectivity index (χ0) is 24.1. The van der Waals surface area contributed by atoms with Crippen LogP contribution in [-0.4, -0.2) is 57.8 Å². The molecule has 0 unspecified atom stereocenters. The third kappa shape index (κ3) is 6.13. The summed E-state index contributed by atoms with van der Waals surface area (Å²) in [6.07, 6.45) is -2.28. The van der Waals surface area contributed by atoms with Crippen molar-refractivity contribution in [2.24, 2.45) is 0 Å². The molecule has 1 amide bonds. The molecule has 2 heterocycles. The third-order valence-corrected chi connectivity index (χ3v) is 5.81. The number of carbonyl (C=O) groups is 1. The fourth-order valence-corrected chi connectivity index (χ4v) is 4.03. The minimum Gasteiger partial charge on any atom is -0.406 e. The molecule has 10 heteroatoms. The number of nitrogens with zero attached hydrogens (tertiary/aromatic N) is 4. The minimum atomic E-state index is -4.70. The lowest BCUT2D eigenvalue weighted by atomic mass is 10.2. The first-order valence-electron chi connectivity index (χ1n) is 11.1. The van der Waals surface area contributed by atoms with Crippen LogP contribution in [0.4, 0.5) is 13.2 Å². The Kier molecular flexibility index (Phi) is 7.16. The Morgan fingerprint density at radius 1 is 1.00 bits per heavy atom. The average molecular weight is 474 g/mol. The van der Waals surface area contributed by atoms with Crippen molar-refractivity contribution in [3.05, 3.63) is 70.8 Å². The standard InChI is InChI=1S/C24H25F3N4O3/c25-24(26,27)34-19-9-7-18(8-10-19)16-29-12-14-30(15-13-29)22(32)6-3-11-31-17-28-21-5-2-1-4-20(21)23(31)33/h1-2,4-5,7-10,17H,3,6,11-16H2. The van der Waals surface area contributed by atoms with Crippen molar-refractivity contribution < 1.29 is 22.7 Å². The summed E-state index contributed by atoms with van der Waals surface area (Å²) in [4.78, 5) is 33.4. The number of benzene rings is 2. The monoisotopic (exact) mass is 474 g/mol. The van der Waals surface area contributed by atoms with Crippen LogP contribution in [0.2, 0.25) is 0 Å². The topological polar surface area (TPSA) is 67.7 Å². The molecule has 0 N–H and O–H groups in total. The van der Waals surface area contributed by atoms with E-state index in [2.05, 4.69) is 14.6 Å². The number of fused-ring (bicyclic) bond motifs is 1. The molecule has 1 aliphatic rings. The van der Waals surface area contributed by atoms with E-state index in [9.17, 15) is 22.8 Å². The Labute approximate surface area is 194 Å². The number of amides is 1. The van der Waals surface area contributed by atoms with E-state index >= 15 is 0 Å². The molecule has 0 saturated carbocycles. The van der Waals surface area contributed by atoms with E-state index in [1.54, 1.807) is 34.9 Å². The van der Waals surface area contributed by atoms with Gasteiger partial charge in [0, 0.05) is 45.7 Å². The van der Waals surface area contributed by atoms with Crippen LogP contribution < -0.4 is 10.3 Å². The summed E-state index contributed by atoms with van der Waals surface area (Å²) < 4.78 is 42.3. The van der Waals surface area contributed by atoms with Crippen molar-refractivity contribution in [1.82, 2.24) is 19.4 Å². The smallest absolute Gasteiger partial charge is 0.406 e. The maximum absolute atomic E-state index is 12.6. The summed E-state index contributed by atoms with van der Waals surface area (Å²) in [5.41, 5.74) is 1.43. The zero-order valence-corrected chi connectivity index (χ0v) is 18.5. The largest absolute Gasteiger partial charge is 0.573 e. The van der Waals surface area contributed by atoms with Gasteiger partial charge in [-0.1, -0.05) is 24.3 Å². The first kappa shape index (κ1) is 23.7. The van der Waals surface area contributed by atoms with Gasteiger partial charge in [0.15, 0.2) is 0 Å². The molecule has 0 bridgehead atoms. The number of para-hydroxylation sites is 1. The Morgan fingerprint density at radius 3 is 2.41 bits per heavy atom. The molecule has 180 valence electrons. The Hall–Kier alpha value is -3.40. The van der Waals surface area contributed by atoms with Crippen LogP contribution in [0, 0.1) is 0 Å². The second kappa shape index (κ2) is 10.3. The van der Waals surface area contributed by atoms with Gasteiger partial charge in [-0.15, -0.1) is 13.2 Å². The van der Waals surface area contributed by atoms with E-state index in [0.29, 0.717) is 63.0 Å². The molecule has 0 atom stereocenters. The SMILES string of the molecule is O=C(CCCn1cnc2ccccc2c1=O)N1CCN(Cc2ccc(OC(F)(F)F)cc2)CC1. The molecule has 2 aromatic carbocycles. The number of hydrogen-bond donors (Lipinski definition) is 0. The van der Waals surface area contributed by atoms with Crippen molar-refractivity contribution >= 4 is 16.8 Å². The highest BCUT2D eigenvalue weighted by molar-refractivity contribution is 5.77. The van der Waals surface area contributed by atoms with Crippen LogP contribution in [0.3, 0.4) is 0 Å². The molecule has 0 spiro atoms. The van der Waals surface area contributed by atoms with Crippen LogP contribution in [0.25, 0.3) is 10.9 Å². The number of rotatable bonds is 7. The molecule has 34 heavy (non-hydrogen) atoms. The summed E-state index contributed by atoms with van der Waals surface area (Å²) in [6, 6.07) is 13.0. The van der Waals surface area contributed by atoms with E-state index in [1.807, 2.05) is 11.0 Å². The third-order valence-electron chi connectivity index (χ3n) is 5.81. The molecule has 1 fully saturated rings. The van der Waals surface area contributed by atoms with Crippen LogP contribution in [0.5, 0.6) is 5.75 Å². The Morgan fingerprint density at radius 2 is 1.71 bits per heavy atom. The lowest BCUT2D eigenvalue weighted by Gasteiger charge is -2.35. The van der Waals surface area contributed by atoms with Gasteiger partial charge in [0.05, 0.1) is 17.2 Å². The maximum atomic E-state index is 12.6. The van der Waals surface area contributed by atoms with Gasteiger partial charge in [-0.05, 0) is 36.2 Å². The summed E-state index contributed by atoms with van der Waals surface area (Å²) in [6.45, 7) is 3.56. The lowest BCUT2D eigenvalue weighted by Crippen LogP contribution is -2.48. The van der Waals surface area contributed by atoms with Gasteiger partial charge in [-0.25, -0.2) is 4.98 Å². The number of aryl methyl sites for hydroxylation is 1. The molecule has 7 nitrogen and oxygen atoms in total. The van der Waals surface area contributed by atoms with Gasteiger partial charge in [-0.2, -0.15) is 0 Å². The highest BCUT2D eigenvalue weighted by Gasteiger charge is 2.31. The van der Waals surface area contributed by atoms with Gasteiger partial charge in [-0.3, -0.25) is 19.1 Å². The number of carbonyl (C=O) groups excluding carboxylic acids is 1. The van der Waals surface area contributed by atoms with Crippen molar-refractivity contribution in [3.8, 4) is 5.75 Å². The predicted octanol–water partition coefficient (Wildman–Crippen LogP) is 3.42. The molecule has 3 aromatic rings. The van der Waals surface area contributed by atoms with Crippen molar-refractivity contribution in [3.63, 3.8) is 0 Å². The van der Waals surface area contributed by atoms with Crippen molar-refractivity contribution in [2.75, 3.05) is 26.2 Å². The zero-order valence-electron chi connectivity index (χ0n) is 18.5. The number of hydrogen-bond acceptors (Lipinski definition) is 5. The molecule has 1 saturated heterocycles. The summed E-state index contributed by atoms with van der Waals surface area (Å²) in [5, 5.41) is 0.565. The summed E-state index contributed by atoms with van der Waals surface area (Å²) in [5.74, 6) is -0.191. The number of piperazine rings is 1. The van der Waals surface area contributed by atoms with Gasteiger partial charge in [0.1, 0.15) is 5.75 Å². The number of ether oxygens (including phenoxy) is 1. The summed E-state index contributed by atoms with van der Waals surface area (Å²) >= 11 is 0. The van der Waals surface area contributed by atoms with Crippen molar-refractivity contribution in [1.29, 1.82) is 0 Å². The Bertz CT molecular complexity index is 1190. The molecule has 1 aliphatic heterocycles. The Balaban J connectivity index is 1.21. The fourth-order valence-electron chi connectivity index (χ4n) is 4.03. The predicted molar refractivity (Wildman–Crippen MR) is 120 cm³/mol. The number of aromatic nitrogens is 2. The molecular formula is C24H25F3N4O3. The highest BCUT2D eigenvalue weighted by Crippen LogP contribution is 2.23. The van der Waals surface area contributed by atoms with Crippen LogP contribution in [0.1, 0.15) is 18.4 Å². The van der Waals surface area contributed by atoms with Gasteiger partial charge < -0.3 is 9.64 Å². The lowest BCUT2D eigenvalue weighted by molar-refractivity contribution is -0.274. The molecular weight excluding hydrogens is 449 g/mol. The fraction of sp³-hybridized carbons (Fsp3) is 0.375. The maximum Gasteiger partial charge on any atom is 0.573 e. The molecule has 0 radical (unpaired) electrons. The van der Waals surface area contributed by atoms with E-state index in [0.717, 1.165) is 5.56 Å². The second-order valence-electron chi connectivity index (χ2n) is 8.21. The van der Waals surface area contributed by atoms with Crippen LogP contribution in [0.15, 0.2) is 59.7 Å². The summed E-state index contributed by atoms with van der Waals surface area (Å²) in [7, 11) is 0. The molecule has 4 rings (SSSR count). The molecule has 1 aromatic heterocycles. The first-order valence-corrected chi connectivity index (χ1v) is 11.1. The van der Waals surface area contributed by atoms with Gasteiger partial charge in [0.2, 0.25) is 5.91 Å². The van der Waals surface area contributed by atoms with Gasteiger partial charge in [0.25, 0.3) is 5.56 Å².